The zero-order valence-electron chi connectivity index (χ0n) is 17.9. The van der Waals surface area contributed by atoms with E-state index in [2.05, 4.69) is 78.9 Å². The number of nitriles is 1. The predicted molar refractivity (Wildman–Crippen MR) is 123 cm³/mol. The first-order valence-electron chi connectivity index (χ1n) is 10.2. The smallest absolute Gasteiger partial charge is 0.0991 e. The van der Waals surface area contributed by atoms with Crippen molar-refractivity contribution in [3.05, 3.63) is 78.8 Å². The summed E-state index contributed by atoms with van der Waals surface area (Å²) < 4.78 is 2.33. The molecule has 0 radical (unpaired) electrons. The number of benzene rings is 2. The second kappa shape index (κ2) is 8.14. The normalized spacial score (nSPS) is 12.4. The first-order chi connectivity index (χ1) is 14.5. The van der Waals surface area contributed by atoms with Crippen molar-refractivity contribution in [2.24, 2.45) is 5.92 Å². The van der Waals surface area contributed by atoms with Crippen LogP contribution < -0.4 is 0 Å². The molecule has 2 aromatic heterocycles. The maximum absolute atomic E-state index is 9.47. The Morgan fingerprint density at radius 2 is 1.67 bits per heavy atom. The minimum Gasteiger partial charge on any atom is -0.330 e. The Morgan fingerprint density at radius 1 is 0.933 bits per heavy atom. The molecule has 4 nitrogen and oxygen atoms in total. The van der Waals surface area contributed by atoms with Crippen LogP contribution in [0.5, 0.6) is 0 Å². The van der Waals surface area contributed by atoms with Gasteiger partial charge in [-0.15, -0.1) is 0 Å². The van der Waals surface area contributed by atoms with Crippen LogP contribution in [0, 0.1) is 17.2 Å². The molecule has 0 fully saturated rings. The molecule has 0 amide bonds. The standard InChI is InChI=1S/C26H26N4/c1-18(2)26(29(3)4)30-17-24(23-12-19(14-27)10-11-25(23)30)22-13-21(15-28-16-22)20-8-6-5-7-9-20/h5-13,15-18,26H,1-4H3. The van der Waals surface area contributed by atoms with Crippen LogP contribution in [-0.4, -0.2) is 28.5 Å². The van der Waals surface area contributed by atoms with E-state index >= 15 is 0 Å². The summed E-state index contributed by atoms with van der Waals surface area (Å²) in [6.07, 6.45) is 6.22. The molecule has 0 saturated heterocycles. The second-order valence-electron chi connectivity index (χ2n) is 8.24. The molecule has 2 heterocycles. The Hall–Kier alpha value is -3.42. The highest BCUT2D eigenvalue weighted by atomic mass is 15.3. The number of nitrogens with zero attached hydrogens (tertiary/aromatic N) is 4. The third-order valence-corrected chi connectivity index (χ3v) is 5.53. The Balaban J connectivity index is 1.94. The molecule has 2 aromatic carbocycles. The summed E-state index contributed by atoms with van der Waals surface area (Å²) in [5.41, 5.74) is 6.16. The number of fused-ring (bicyclic) bond motifs is 1. The minimum atomic E-state index is 0.208. The van der Waals surface area contributed by atoms with Gasteiger partial charge in [0.25, 0.3) is 0 Å². The maximum Gasteiger partial charge on any atom is 0.0991 e. The van der Waals surface area contributed by atoms with Crippen LogP contribution in [0.3, 0.4) is 0 Å². The van der Waals surface area contributed by atoms with Gasteiger partial charge in [-0.3, -0.25) is 9.88 Å². The minimum absolute atomic E-state index is 0.208. The van der Waals surface area contributed by atoms with Gasteiger partial charge in [-0.1, -0.05) is 44.2 Å². The van der Waals surface area contributed by atoms with E-state index in [1.807, 2.05) is 42.7 Å². The summed E-state index contributed by atoms with van der Waals surface area (Å²) >= 11 is 0. The molecule has 30 heavy (non-hydrogen) atoms. The van der Waals surface area contributed by atoms with Crippen molar-refractivity contribution in [1.29, 1.82) is 5.26 Å². The molecule has 1 unspecified atom stereocenters. The molecular formula is C26H26N4. The van der Waals surface area contributed by atoms with Gasteiger partial charge in [-0.05, 0) is 49.8 Å². The van der Waals surface area contributed by atoms with E-state index in [4.69, 9.17) is 0 Å². The Labute approximate surface area is 178 Å². The predicted octanol–water partition coefficient (Wildman–Crippen LogP) is 5.96. The second-order valence-corrected chi connectivity index (χ2v) is 8.24. The SMILES string of the molecule is CC(C)C(N(C)C)n1cc(-c2cncc(-c3ccccc3)c2)c2cc(C#N)ccc21. The molecule has 4 aromatic rings. The van der Waals surface area contributed by atoms with E-state index in [9.17, 15) is 5.26 Å². The molecule has 0 spiro atoms. The van der Waals surface area contributed by atoms with Crippen molar-refractivity contribution in [2.45, 2.75) is 20.0 Å². The van der Waals surface area contributed by atoms with E-state index in [0.717, 1.165) is 33.2 Å². The molecule has 0 aliphatic carbocycles. The lowest BCUT2D eigenvalue weighted by Gasteiger charge is -2.30. The van der Waals surface area contributed by atoms with E-state index in [1.165, 1.54) is 0 Å². The Bertz CT molecular complexity index is 1210. The summed E-state index contributed by atoms with van der Waals surface area (Å²) in [7, 11) is 4.22. The molecule has 0 aliphatic rings. The third kappa shape index (κ3) is 3.60. The van der Waals surface area contributed by atoms with Crippen molar-refractivity contribution in [3.63, 3.8) is 0 Å². The number of hydrogen-bond donors (Lipinski definition) is 0. The number of hydrogen-bond acceptors (Lipinski definition) is 3. The van der Waals surface area contributed by atoms with Crippen molar-refractivity contribution in [1.82, 2.24) is 14.5 Å². The molecule has 150 valence electrons. The van der Waals surface area contributed by atoms with E-state index < -0.39 is 0 Å². The average molecular weight is 395 g/mol. The number of pyridine rings is 1. The first-order valence-corrected chi connectivity index (χ1v) is 10.2. The van der Waals surface area contributed by atoms with Crippen LogP contribution in [-0.2, 0) is 0 Å². The van der Waals surface area contributed by atoms with Crippen LogP contribution in [0.2, 0.25) is 0 Å². The fraction of sp³-hybridized carbons (Fsp3) is 0.231. The van der Waals surface area contributed by atoms with Gasteiger partial charge in [0.15, 0.2) is 0 Å². The molecule has 1 atom stereocenters. The van der Waals surface area contributed by atoms with Crippen LogP contribution in [0.4, 0.5) is 0 Å². The fourth-order valence-corrected chi connectivity index (χ4v) is 4.32. The molecular weight excluding hydrogens is 368 g/mol. The largest absolute Gasteiger partial charge is 0.330 e. The highest BCUT2D eigenvalue weighted by Crippen LogP contribution is 2.36. The zero-order valence-corrected chi connectivity index (χ0v) is 17.9. The molecule has 4 rings (SSSR count). The zero-order chi connectivity index (χ0) is 21.3. The monoisotopic (exact) mass is 394 g/mol. The maximum atomic E-state index is 9.47. The molecule has 0 bridgehead atoms. The van der Waals surface area contributed by atoms with Crippen molar-refractivity contribution in [3.8, 4) is 28.3 Å². The average Bonchev–Trinajstić information content (AvgIpc) is 3.12. The Morgan fingerprint density at radius 3 is 2.33 bits per heavy atom. The molecule has 0 aliphatic heterocycles. The number of aromatic nitrogens is 2. The molecule has 4 heteroatoms. The number of rotatable bonds is 5. The van der Waals surface area contributed by atoms with Crippen LogP contribution in [0.15, 0.2) is 73.2 Å². The van der Waals surface area contributed by atoms with Gasteiger partial charge < -0.3 is 4.57 Å². The lowest BCUT2D eigenvalue weighted by atomic mass is 10.0. The van der Waals surface area contributed by atoms with Gasteiger partial charge in [-0.25, -0.2) is 0 Å². The van der Waals surface area contributed by atoms with Gasteiger partial charge in [0, 0.05) is 40.7 Å². The summed E-state index contributed by atoms with van der Waals surface area (Å²) in [5, 5.41) is 10.5. The highest BCUT2D eigenvalue weighted by Gasteiger charge is 2.22. The van der Waals surface area contributed by atoms with E-state index in [-0.39, 0.29) is 6.17 Å². The molecule has 0 N–H and O–H groups in total. The van der Waals surface area contributed by atoms with Crippen LogP contribution in [0.1, 0.15) is 25.6 Å². The van der Waals surface area contributed by atoms with Crippen molar-refractivity contribution >= 4 is 10.9 Å². The Kier molecular flexibility index (Phi) is 5.39. The van der Waals surface area contributed by atoms with Gasteiger partial charge in [-0.2, -0.15) is 5.26 Å². The van der Waals surface area contributed by atoms with Gasteiger partial charge >= 0.3 is 0 Å². The lowest BCUT2D eigenvalue weighted by Crippen LogP contribution is -2.29. The van der Waals surface area contributed by atoms with Crippen molar-refractivity contribution < 1.29 is 0 Å². The van der Waals surface area contributed by atoms with Crippen molar-refractivity contribution in [2.75, 3.05) is 14.1 Å². The van der Waals surface area contributed by atoms with E-state index in [0.29, 0.717) is 11.5 Å². The van der Waals surface area contributed by atoms with E-state index in [1.54, 1.807) is 0 Å². The topological polar surface area (TPSA) is 44.9 Å². The lowest BCUT2D eigenvalue weighted by molar-refractivity contribution is 0.164. The summed E-state index contributed by atoms with van der Waals surface area (Å²) in [4.78, 5) is 6.77. The van der Waals surface area contributed by atoms with Gasteiger partial charge in [0.2, 0.25) is 0 Å². The van der Waals surface area contributed by atoms with Gasteiger partial charge in [0.05, 0.1) is 23.3 Å². The summed E-state index contributed by atoms with van der Waals surface area (Å²) in [5.74, 6) is 0.424. The quantitative estimate of drug-likeness (QED) is 0.420. The first kappa shape index (κ1) is 19.9. The van der Waals surface area contributed by atoms with Gasteiger partial charge in [0.1, 0.15) is 0 Å². The van der Waals surface area contributed by atoms with Crippen LogP contribution in [0.25, 0.3) is 33.2 Å². The molecule has 0 saturated carbocycles. The third-order valence-electron chi connectivity index (χ3n) is 5.53. The fourth-order valence-electron chi connectivity index (χ4n) is 4.32. The van der Waals surface area contributed by atoms with Crippen LogP contribution >= 0.6 is 0 Å². The summed E-state index contributed by atoms with van der Waals surface area (Å²) in [6, 6.07) is 20.7. The highest BCUT2D eigenvalue weighted by molar-refractivity contribution is 5.97. The summed E-state index contributed by atoms with van der Waals surface area (Å²) in [6.45, 7) is 4.47.